The fraction of sp³-hybridized carbons (Fsp3) is 0.188. The first-order valence-corrected chi connectivity index (χ1v) is 9.60. The van der Waals surface area contributed by atoms with Gasteiger partial charge in [-0.3, -0.25) is 0 Å². The second-order valence-corrected chi connectivity index (χ2v) is 7.55. The van der Waals surface area contributed by atoms with E-state index in [1.165, 1.54) is 11.6 Å². The SMILES string of the molecule is Fc1cc(Br)ccc1NC(=S)NCCSCc1cccc(Cl)c1. The maximum absolute atomic E-state index is 13.7. The Labute approximate surface area is 158 Å². The van der Waals surface area contributed by atoms with E-state index in [4.69, 9.17) is 23.8 Å². The van der Waals surface area contributed by atoms with E-state index in [2.05, 4.69) is 32.6 Å². The molecule has 122 valence electrons. The first kappa shape index (κ1) is 18.5. The lowest BCUT2D eigenvalue weighted by atomic mass is 10.2. The summed E-state index contributed by atoms with van der Waals surface area (Å²) in [6, 6.07) is 12.6. The van der Waals surface area contributed by atoms with Gasteiger partial charge in [-0.15, -0.1) is 0 Å². The average Bonchev–Trinajstić information content (AvgIpc) is 2.50. The van der Waals surface area contributed by atoms with Crippen LogP contribution in [-0.2, 0) is 5.75 Å². The molecule has 0 atom stereocenters. The topological polar surface area (TPSA) is 24.1 Å². The van der Waals surface area contributed by atoms with Crippen molar-refractivity contribution in [1.82, 2.24) is 5.32 Å². The molecule has 2 aromatic carbocycles. The van der Waals surface area contributed by atoms with E-state index in [-0.39, 0.29) is 5.82 Å². The zero-order valence-electron chi connectivity index (χ0n) is 12.1. The van der Waals surface area contributed by atoms with Gasteiger partial charge in [0.05, 0.1) is 5.69 Å². The lowest BCUT2D eigenvalue weighted by Crippen LogP contribution is -2.30. The zero-order valence-corrected chi connectivity index (χ0v) is 16.1. The van der Waals surface area contributed by atoms with Crippen molar-refractivity contribution in [3.8, 4) is 0 Å². The Morgan fingerprint density at radius 1 is 1.26 bits per heavy atom. The third-order valence-corrected chi connectivity index (χ3v) is 4.87. The number of hydrogen-bond acceptors (Lipinski definition) is 2. The zero-order chi connectivity index (χ0) is 16.7. The lowest BCUT2D eigenvalue weighted by Gasteiger charge is -2.11. The Balaban J connectivity index is 1.67. The van der Waals surface area contributed by atoms with E-state index in [1.54, 1.807) is 23.9 Å². The predicted molar refractivity (Wildman–Crippen MR) is 106 cm³/mol. The van der Waals surface area contributed by atoms with E-state index < -0.39 is 0 Å². The van der Waals surface area contributed by atoms with Crippen molar-refractivity contribution < 1.29 is 4.39 Å². The van der Waals surface area contributed by atoms with Gasteiger partial charge < -0.3 is 10.6 Å². The standard InChI is InChI=1S/C16H15BrClFN2S2/c17-12-4-5-15(14(19)9-12)21-16(22)20-6-7-23-10-11-2-1-3-13(18)8-11/h1-5,8-9H,6-7,10H2,(H2,20,21,22). The van der Waals surface area contributed by atoms with E-state index in [1.807, 2.05) is 18.2 Å². The van der Waals surface area contributed by atoms with Crippen molar-refractivity contribution in [3.05, 3.63) is 63.3 Å². The number of rotatable bonds is 6. The summed E-state index contributed by atoms with van der Waals surface area (Å²) in [7, 11) is 0. The van der Waals surface area contributed by atoms with Crippen LogP contribution in [0, 0.1) is 5.82 Å². The summed E-state index contributed by atoms with van der Waals surface area (Å²) >= 11 is 16.1. The van der Waals surface area contributed by atoms with Crippen molar-refractivity contribution in [2.75, 3.05) is 17.6 Å². The van der Waals surface area contributed by atoms with Crippen molar-refractivity contribution in [2.24, 2.45) is 0 Å². The number of hydrogen-bond donors (Lipinski definition) is 2. The van der Waals surface area contributed by atoms with Crippen molar-refractivity contribution in [1.29, 1.82) is 0 Å². The summed E-state index contributed by atoms with van der Waals surface area (Å²) < 4.78 is 14.4. The van der Waals surface area contributed by atoms with E-state index >= 15 is 0 Å². The van der Waals surface area contributed by atoms with Gasteiger partial charge in [-0.2, -0.15) is 11.8 Å². The number of nitrogens with one attached hydrogen (secondary N) is 2. The summed E-state index contributed by atoms with van der Waals surface area (Å²) in [5.74, 6) is 1.43. The molecule has 2 rings (SSSR count). The molecule has 2 N–H and O–H groups in total. The molecule has 0 aromatic heterocycles. The summed E-state index contributed by atoms with van der Waals surface area (Å²) in [6.45, 7) is 0.704. The van der Waals surface area contributed by atoms with Crippen LogP contribution in [0.15, 0.2) is 46.9 Å². The van der Waals surface area contributed by atoms with Gasteiger partial charge in [-0.25, -0.2) is 4.39 Å². The van der Waals surface area contributed by atoms with Gasteiger partial charge in [-0.1, -0.05) is 39.7 Å². The number of thiocarbonyl (C=S) groups is 1. The molecule has 0 fully saturated rings. The quantitative estimate of drug-likeness (QED) is 0.466. The minimum atomic E-state index is -0.348. The highest BCUT2D eigenvalue weighted by Gasteiger charge is 2.04. The van der Waals surface area contributed by atoms with Crippen LogP contribution in [0.2, 0.25) is 5.02 Å². The number of benzene rings is 2. The number of halogens is 3. The molecule has 0 aliphatic heterocycles. The molecular formula is C16H15BrClFN2S2. The van der Waals surface area contributed by atoms with Crippen LogP contribution in [0.25, 0.3) is 0 Å². The minimum Gasteiger partial charge on any atom is -0.362 e. The molecule has 0 unspecified atom stereocenters. The average molecular weight is 434 g/mol. The van der Waals surface area contributed by atoms with E-state index in [0.717, 1.165) is 16.5 Å². The van der Waals surface area contributed by atoms with Crippen molar-refractivity contribution in [3.63, 3.8) is 0 Å². The highest BCUT2D eigenvalue weighted by molar-refractivity contribution is 9.10. The molecular weight excluding hydrogens is 419 g/mol. The normalized spacial score (nSPS) is 10.4. The fourth-order valence-corrected chi connectivity index (χ4v) is 3.37. The van der Waals surface area contributed by atoms with Gasteiger partial charge >= 0.3 is 0 Å². The van der Waals surface area contributed by atoms with E-state index in [9.17, 15) is 4.39 Å². The fourth-order valence-electron chi connectivity index (χ4n) is 1.81. The summed E-state index contributed by atoms with van der Waals surface area (Å²) in [6.07, 6.45) is 0. The first-order valence-electron chi connectivity index (χ1n) is 6.86. The molecule has 0 amide bonds. The molecule has 0 heterocycles. The summed E-state index contributed by atoms with van der Waals surface area (Å²) in [5, 5.41) is 7.08. The van der Waals surface area contributed by atoms with Gasteiger partial charge in [-0.05, 0) is 48.1 Å². The summed E-state index contributed by atoms with van der Waals surface area (Å²) in [4.78, 5) is 0. The molecule has 0 aliphatic carbocycles. The van der Waals surface area contributed by atoms with Crippen molar-refractivity contribution >= 4 is 62.3 Å². The third kappa shape index (κ3) is 6.67. The van der Waals surface area contributed by atoms with Crippen LogP contribution < -0.4 is 10.6 Å². The largest absolute Gasteiger partial charge is 0.362 e. The lowest BCUT2D eigenvalue weighted by molar-refractivity contribution is 0.631. The minimum absolute atomic E-state index is 0.348. The highest BCUT2D eigenvalue weighted by Crippen LogP contribution is 2.19. The monoisotopic (exact) mass is 432 g/mol. The van der Waals surface area contributed by atoms with Crippen LogP contribution in [0.1, 0.15) is 5.56 Å². The Morgan fingerprint density at radius 2 is 2.09 bits per heavy atom. The third-order valence-electron chi connectivity index (χ3n) is 2.87. The van der Waals surface area contributed by atoms with Gasteiger partial charge in [0.2, 0.25) is 0 Å². The van der Waals surface area contributed by atoms with Crippen molar-refractivity contribution in [2.45, 2.75) is 5.75 Å². The van der Waals surface area contributed by atoms with Crippen LogP contribution >= 0.6 is 51.5 Å². The highest BCUT2D eigenvalue weighted by atomic mass is 79.9. The second kappa shape index (κ2) is 9.47. The van der Waals surface area contributed by atoms with Gasteiger partial charge in [0.15, 0.2) is 5.11 Å². The molecule has 0 aliphatic rings. The molecule has 2 aromatic rings. The first-order chi connectivity index (χ1) is 11.0. The Kier molecular flexibility index (Phi) is 7.62. The number of anilines is 1. The van der Waals surface area contributed by atoms with Gasteiger partial charge in [0.25, 0.3) is 0 Å². The maximum Gasteiger partial charge on any atom is 0.170 e. The molecule has 0 spiro atoms. The van der Waals surface area contributed by atoms with Gasteiger partial charge in [0.1, 0.15) is 5.82 Å². The number of thioether (sulfide) groups is 1. The Hall–Kier alpha value is -0.820. The molecule has 0 radical (unpaired) electrons. The molecule has 0 bridgehead atoms. The molecule has 23 heavy (non-hydrogen) atoms. The Morgan fingerprint density at radius 3 is 2.83 bits per heavy atom. The molecule has 2 nitrogen and oxygen atoms in total. The van der Waals surface area contributed by atoms with E-state index in [0.29, 0.717) is 21.8 Å². The second-order valence-electron chi connectivity index (χ2n) is 4.69. The van der Waals surface area contributed by atoms with Crippen LogP contribution in [0.3, 0.4) is 0 Å². The van der Waals surface area contributed by atoms with Crippen LogP contribution in [-0.4, -0.2) is 17.4 Å². The van der Waals surface area contributed by atoms with Crippen LogP contribution in [0.4, 0.5) is 10.1 Å². The smallest absolute Gasteiger partial charge is 0.170 e. The summed E-state index contributed by atoms with van der Waals surface area (Å²) in [5.41, 5.74) is 1.55. The predicted octanol–water partition coefficient (Wildman–Crippen LogP) is 5.46. The maximum atomic E-state index is 13.7. The molecule has 0 saturated heterocycles. The molecule has 0 saturated carbocycles. The van der Waals surface area contributed by atoms with Crippen LogP contribution in [0.5, 0.6) is 0 Å². The molecule has 7 heteroatoms. The van der Waals surface area contributed by atoms with Gasteiger partial charge in [0, 0.05) is 27.5 Å². The Bertz CT molecular complexity index is 685.